The van der Waals surface area contributed by atoms with E-state index in [0.29, 0.717) is 49.6 Å². The first-order valence-electron chi connectivity index (χ1n) is 17.7. The molecule has 1 saturated heterocycles. The molecule has 5 rings (SSSR count). The molecule has 6 atom stereocenters. The molecule has 2 aliphatic heterocycles. The van der Waals surface area contributed by atoms with E-state index in [2.05, 4.69) is 33.1 Å². The summed E-state index contributed by atoms with van der Waals surface area (Å²) >= 11 is 0. The highest BCUT2D eigenvalue weighted by Crippen LogP contribution is 2.59. The minimum Gasteiger partial charge on any atom is -0.493 e. The van der Waals surface area contributed by atoms with Gasteiger partial charge in [-0.15, -0.1) is 0 Å². The van der Waals surface area contributed by atoms with Gasteiger partial charge in [0.2, 0.25) is 17.7 Å². The number of hydrogen-bond acceptors (Lipinski definition) is 10. The van der Waals surface area contributed by atoms with Crippen molar-refractivity contribution in [3.63, 3.8) is 0 Å². The van der Waals surface area contributed by atoms with Crippen molar-refractivity contribution < 1.29 is 38.5 Å². The van der Waals surface area contributed by atoms with Crippen molar-refractivity contribution in [3.8, 4) is 11.5 Å². The van der Waals surface area contributed by atoms with E-state index in [-0.39, 0.29) is 49.9 Å². The number of nitrogens with zero attached hydrogens (tertiary/aromatic N) is 2. The molecule has 16 nitrogen and oxygen atoms in total. The van der Waals surface area contributed by atoms with Crippen LogP contribution in [-0.2, 0) is 25.5 Å². The van der Waals surface area contributed by atoms with E-state index in [0.717, 1.165) is 30.5 Å². The second kappa shape index (κ2) is 16.2. The maximum Gasteiger partial charge on any atom is 0.415 e. The molecule has 0 radical (unpaired) electrons. The standard InChI is InChI=1S/C35H52N8O8/c1-5-42(3)26-17-21-11-12-24(49-4)30-28(21)29-31(51-30)25(13-14-35(26,29)48)50-34(47)43-16-7-6-9-22(43)18-40-32(46)23(10-8-15-38-33(36)37)41-27(45)19-39-20(2)44/h11-13,22-23,26,29,31,48H,5-10,14-19H2,1-4H3,(H,39,44)(H,40,46)(H,41,45)(H4,36,37,38)/t22?,23-,26+,29?,31-,35+/m0/s1. The predicted octanol–water partition coefficient (Wildman–Crippen LogP) is 0.426. The lowest BCUT2D eigenvalue weighted by Crippen LogP contribution is -2.61. The quantitative estimate of drug-likeness (QED) is 0.0796. The lowest BCUT2D eigenvalue weighted by Gasteiger charge is -2.50. The number of methoxy groups -OCH3 is 1. The van der Waals surface area contributed by atoms with Crippen LogP contribution in [0.1, 0.15) is 69.4 Å². The maximum absolute atomic E-state index is 13.9. The highest BCUT2D eigenvalue weighted by molar-refractivity contribution is 5.89. The average molecular weight is 713 g/mol. The number of carbonyl (C=O) groups is 4. The normalized spacial score (nSPS) is 25.1. The van der Waals surface area contributed by atoms with Crippen LogP contribution in [0.25, 0.3) is 0 Å². The van der Waals surface area contributed by atoms with Crippen molar-refractivity contribution in [2.45, 2.75) is 94.5 Å². The number of rotatable bonds is 14. The fraction of sp³-hybridized carbons (Fsp3) is 0.629. The molecule has 0 bridgehead atoms. The van der Waals surface area contributed by atoms with E-state index in [9.17, 15) is 24.3 Å². The molecule has 2 heterocycles. The molecule has 1 fully saturated rings. The Hall–Kier alpha value is -4.57. The summed E-state index contributed by atoms with van der Waals surface area (Å²) in [6.45, 7) is 4.72. The molecule has 4 aliphatic rings. The summed E-state index contributed by atoms with van der Waals surface area (Å²) in [5, 5.41) is 30.3. The molecular weight excluding hydrogens is 660 g/mol. The van der Waals surface area contributed by atoms with Crippen LogP contribution in [-0.4, -0.2) is 121 Å². The van der Waals surface area contributed by atoms with Crippen LogP contribution in [0.4, 0.5) is 4.79 Å². The third-order valence-corrected chi connectivity index (χ3v) is 10.5. The van der Waals surface area contributed by atoms with Crippen LogP contribution in [0, 0.1) is 5.41 Å². The summed E-state index contributed by atoms with van der Waals surface area (Å²) in [6, 6.07) is 2.46. The van der Waals surface area contributed by atoms with Gasteiger partial charge in [-0.25, -0.2) is 4.79 Å². The summed E-state index contributed by atoms with van der Waals surface area (Å²) in [6.07, 6.45) is 4.35. The maximum atomic E-state index is 13.9. The van der Waals surface area contributed by atoms with Gasteiger partial charge in [0.15, 0.2) is 23.6 Å². The van der Waals surface area contributed by atoms with E-state index in [1.165, 1.54) is 6.92 Å². The molecule has 16 heteroatoms. The third kappa shape index (κ3) is 8.17. The number of ether oxygens (including phenoxy) is 3. The summed E-state index contributed by atoms with van der Waals surface area (Å²) in [5.74, 6) is -0.521. The van der Waals surface area contributed by atoms with Crippen molar-refractivity contribution in [2.75, 3.05) is 46.9 Å². The number of carbonyl (C=O) groups excluding carboxylic acids is 4. The predicted molar refractivity (Wildman–Crippen MR) is 187 cm³/mol. The van der Waals surface area contributed by atoms with Crippen LogP contribution in [0.5, 0.6) is 11.5 Å². The Balaban J connectivity index is 1.28. The molecule has 8 N–H and O–H groups in total. The fourth-order valence-electron chi connectivity index (χ4n) is 7.80. The number of likely N-dealkylation sites (N-methyl/N-ethyl adjacent to an activating group) is 1. The van der Waals surface area contributed by atoms with Crippen LogP contribution in [0.2, 0.25) is 0 Å². The molecule has 4 amide bonds. The largest absolute Gasteiger partial charge is 0.493 e. The zero-order valence-electron chi connectivity index (χ0n) is 29.9. The Bertz CT molecular complexity index is 1540. The van der Waals surface area contributed by atoms with Crippen molar-refractivity contribution in [1.29, 1.82) is 5.41 Å². The van der Waals surface area contributed by atoms with Gasteiger partial charge in [-0.3, -0.25) is 19.8 Å². The van der Waals surface area contributed by atoms with E-state index in [4.69, 9.17) is 25.4 Å². The van der Waals surface area contributed by atoms with Crippen LogP contribution in [0.3, 0.4) is 0 Å². The number of benzene rings is 1. The minimum absolute atomic E-state index is 0.135. The number of piperidine rings is 1. The van der Waals surface area contributed by atoms with Gasteiger partial charge >= 0.3 is 6.09 Å². The van der Waals surface area contributed by atoms with Crippen LogP contribution >= 0.6 is 0 Å². The Morgan fingerprint density at radius 1 is 1.22 bits per heavy atom. The van der Waals surface area contributed by atoms with Crippen molar-refractivity contribution in [3.05, 3.63) is 35.1 Å². The fourth-order valence-corrected chi connectivity index (χ4v) is 7.80. The number of likely N-dealkylation sites (tertiary alicyclic amines) is 1. The first-order chi connectivity index (χ1) is 24.4. The van der Waals surface area contributed by atoms with Crippen molar-refractivity contribution >= 4 is 29.8 Å². The third-order valence-electron chi connectivity index (χ3n) is 10.5. The summed E-state index contributed by atoms with van der Waals surface area (Å²) < 4.78 is 18.2. The molecule has 51 heavy (non-hydrogen) atoms. The number of aliphatic hydroxyl groups is 1. The molecule has 1 aromatic carbocycles. The topological polar surface area (TPSA) is 221 Å². The van der Waals surface area contributed by atoms with Gasteiger partial charge in [-0.1, -0.05) is 13.0 Å². The second-order valence-electron chi connectivity index (χ2n) is 13.7. The zero-order chi connectivity index (χ0) is 36.9. The SMILES string of the molecule is CCN(C)[C@@H]1Cc2ccc(OC)c3c2C2[C@@H](O3)C(OC(=O)N3CCCCC3CNC(=O)[C@H](CCCNC(=N)N)NC(=O)CNC(C)=O)=CC[C@]21O. The summed E-state index contributed by atoms with van der Waals surface area (Å²) in [4.78, 5) is 54.8. The number of amides is 4. The molecule has 2 aliphatic carbocycles. The smallest absolute Gasteiger partial charge is 0.415 e. The Kier molecular flexibility index (Phi) is 12.0. The number of nitrogens with two attached hydrogens (primary N) is 1. The van der Waals surface area contributed by atoms with Gasteiger partial charge in [0.05, 0.1) is 31.2 Å². The minimum atomic E-state index is -1.15. The lowest BCUT2D eigenvalue weighted by molar-refractivity contribution is -0.129. The lowest BCUT2D eigenvalue weighted by atomic mass is 9.63. The number of nitrogens with one attached hydrogen (secondary N) is 5. The summed E-state index contributed by atoms with van der Waals surface area (Å²) in [7, 11) is 3.58. The highest BCUT2D eigenvalue weighted by Gasteiger charge is 2.60. The van der Waals surface area contributed by atoms with Gasteiger partial charge in [0.25, 0.3) is 0 Å². The molecule has 0 saturated carbocycles. The van der Waals surface area contributed by atoms with E-state index in [1.54, 1.807) is 18.1 Å². The first kappa shape index (κ1) is 37.7. The van der Waals surface area contributed by atoms with Crippen molar-refractivity contribution in [1.82, 2.24) is 31.1 Å². The highest BCUT2D eigenvalue weighted by atomic mass is 16.6. The molecule has 0 spiro atoms. The zero-order valence-corrected chi connectivity index (χ0v) is 29.9. The van der Waals surface area contributed by atoms with E-state index < -0.39 is 41.6 Å². The van der Waals surface area contributed by atoms with Gasteiger partial charge in [0.1, 0.15) is 11.8 Å². The van der Waals surface area contributed by atoms with Crippen LogP contribution in [0.15, 0.2) is 24.0 Å². The second-order valence-corrected chi connectivity index (χ2v) is 13.7. The van der Waals surface area contributed by atoms with Gasteiger partial charge in [-0.05, 0) is 69.8 Å². The monoisotopic (exact) mass is 712 g/mol. The van der Waals surface area contributed by atoms with E-state index >= 15 is 0 Å². The molecule has 1 aromatic rings. The van der Waals surface area contributed by atoms with Gasteiger partial charge in [-0.2, -0.15) is 0 Å². The van der Waals surface area contributed by atoms with Crippen LogP contribution < -0.4 is 36.5 Å². The van der Waals surface area contributed by atoms with Gasteiger partial charge in [0, 0.05) is 44.6 Å². The number of hydrogen-bond donors (Lipinski definition) is 7. The van der Waals surface area contributed by atoms with Gasteiger partial charge < -0.3 is 56.1 Å². The van der Waals surface area contributed by atoms with Crippen molar-refractivity contribution in [2.24, 2.45) is 5.73 Å². The Morgan fingerprint density at radius 3 is 2.71 bits per heavy atom. The first-order valence-corrected chi connectivity index (χ1v) is 17.7. The molecular formula is C35H52N8O8. The number of guanidine groups is 1. The Labute approximate surface area is 298 Å². The molecule has 2 unspecified atom stereocenters. The molecule has 280 valence electrons. The molecule has 0 aromatic heterocycles. The average Bonchev–Trinajstić information content (AvgIpc) is 3.53. The Morgan fingerprint density at radius 2 is 2.00 bits per heavy atom. The summed E-state index contributed by atoms with van der Waals surface area (Å²) in [5.41, 5.74) is 6.18. The van der Waals surface area contributed by atoms with E-state index in [1.807, 2.05) is 19.2 Å².